The number of nitrogens with one attached hydrogen (secondary N) is 1. The number of hydrogen-bond acceptors (Lipinski definition) is 3. The molecule has 0 radical (unpaired) electrons. The van der Waals surface area contributed by atoms with Crippen LogP contribution in [0, 0.1) is 0 Å². The smallest absolute Gasteiger partial charge is 0.211 e. The minimum atomic E-state index is 0.378. The van der Waals surface area contributed by atoms with Gasteiger partial charge >= 0.3 is 0 Å². The normalized spacial score (nSPS) is 16.2. The second-order valence-electron chi connectivity index (χ2n) is 6.66. The monoisotopic (exact) mass is 334 g/mol. The molecular weight excluding hydrogens is 312 g/mol. The molecule has 1 aromatic heterocycles. The van der Waals surface area contributed by atoms with Gasteiger partial charge < -0.3 is 10.2 Å². The average molecular weight is 334 g/mol. The molecule has 1 N–H and O–H groups in total. The zero-order chi connectivity index (χ0) is 17.2. The molecule has 1 aliphatic heterocycles. The number of rotatable bonds is 4. The second kappa shape index (κ2) is 6.69. The van der Waals surface area contributed by atoms with Crippen LogP contribution in [0.4, 0.5) is 5.69 Å². The van der Waals surface area contributed by atoms with Gasteiger partial charge in [0.1, 0.15) is 5.52 Å². The van der Waals surface area contributed by atoms with E-state index in [4.69, 9.17) is 5.10 Å². The third kappa shape index (κ3) is 2.91. The topological polar surface area (TPSA) is 50.2 Å². The van der Waals surface area contributed by atoms with Crippen molar-refractivity contribution >= 4 is 23.0 Å². The second-order valence-corrected chi connectivity index (χ2v) is 6.66. The maximum Gasteiger partial charge on any atom is 0.211 e. The molecule has 1 saturated heterocycles. The largest absolute Gasteiger partial charge is 0.327 e. The standard InChI is InChI=1S/C20H22N4O/c1-23-12-10-16(11-13-23)24-20(15-6-3-2-4-7-15)17-8-5-9-18(21-14-25)19(17)22-24/h2-9,14,16H,10-13H2,1H3,(H,21,25). The summed E-state index contributed by atoms with van der Waals surface area (Å²) in [5.41, 5.74) is 3.91. The highest BCUT2D eigenvalue weighted by Gasteiger charge is 2.24. The molecular formula is C20H22N4O. The van der Waals surface area contributed by atoms with Gasteiger partial charge in [-0.1, -0.05) is 42.5 Å². The number of benzene rings is 2. The molecule has 1 amide bonds. The van der Waals surface area contributed by atoms with Crippen molar-refractivity contribution in [2.24, 2.45) is 0 Å². The Morgan fingerprint density at radius 1 is 1.08 bits per heavy atom. The fraction of sp³-hybridized carbons (Fsp3) is 0.300. The van der Waals surface area contributed by atoms with E-state index >= 15 is 0 Å². The summed E-state index contributed by atoms with van der Waals surface area (Å²) >= 11 is 0. The van der Waals surface area contributed by atoms with Gasteiger partial charge in [-0.05, 0) is 39.0 Å². The van der Waals surface area contributed by atoms with Crippen LogP contribution in [0.15, 0.2) is 48.5 Å². The molecule has 0 saturated carbocycles. The maximum absolute atomic E-state index is 11.0. The molecule has 5 nitrogen and oxygen atoms in total. The van der Waals surface area contributed by atoms with Crippen molar-refractivity contribution in [3.8, 4) is 11.3 Å². The van der Waals surface area contributed by atoms with Crippen LogP contribution >= 0.6 is 0 Å². The summed E-state index contributed by atoms with van der Waals surface area (Å²) in [6.45, 7) is 2.16. The number of carbonyl (C=O) groups excluding carboxylic acids is 1. The number of piperidine rings is 1. The lowest BCUT2D eigenvalue weighted by Crippen LogP contribution is -2.32. The Balaban J connectivity index is 1.91. The van der Waals surface area contributed by atoms with Crippen LogP contribution in [0.1, 0.15) is 18.9 Å². The predicted octanol–water partition coefficient (Wildman–Crippen LogP) is 3.54. The van der Waals surface area contributed by atoms with Gasteiger partial charge in [0.05, 0.1) is 17.4 Å². The Labute approximate surface area is 147 Å². The van der Waals surface area contributed by atoms with Crippen molar-refractivity contribution in [2.75, 3.05) is 25.5 Å². The highest BCUT2D eigenvalue weighted by Crippen LogP contribution is 2.36. The summed E-state index contributed by atoms with van der Waals surface area (Å²) in [4.78, 5) is 13.3. The third-order valence-electron chi connectivity index (χ3n) is 5.02. The number of hydrogen-bond donors (Lipinski definition) is 1. The highest BCUT2D eigenvalue weighted by molar-refractivity contribution is 6.01. The van der Waals surface area contributed by atoms with Crippen LogP contribution in [-0.2, 0) is 4.79 Å². The van der Waals surface area contributed by atoms with Crippen molar-refractivity contribution in [1.29, 1.82) is 0 Å². The highest BCUT2D eigenvalue weighted by atomic mass is 16.1. The quantitative estimate of drug-likeness (QED) is 0.743. The summed E-state index contributed by atoms with van der Waals surface area (Å²) in [6.07, 6.45) is 2.88. The molecule has 3 aromatic rings. The van der Waals surface area contributed by atoms with E-state index in [1.54, 1.807) is 0 Å². The Morgan fingerprint density at radius 3 is 2.56 bits per heavy atom. The first-order valence-corrected chi connectivity index (χ1v) is 8.73. The zero-order valence-electron chi connectivity index (χ0n) is 14.4. The van der Waals surface area contributed by atoms with Crippen LogP contribution in [0.5, 0.6) is 0 Å². The van der Waals surface area contributed by atoms with Crippen LogP contribution < -0.4 is 5.32 Å². The van der Waals surface area contributed by atoms with Crippen LogP contribution in [0.3, 0.4) is 0 Å². The van der Waals surface area contributed by atoms with Crippen molar-refractivity contribution in [3.05, 3.63) is 48.5 Å². The first kappa shape index (κ1) is 15.8. The summed E-state index contributed by atoms with van der Waals surface area (Å²) in [5, 5.41) is 8.80. The first-order valence-electron chi connectivity index (χ1n) is 8.73. The Hall–Kier alpha value is -2.66. The Morgan fingerprint density at radius 2 is 1.84 bits per heavy atom. The predicted molar refractivity (Wildman–Crippen MR) is 101 cm³/mol. The fourth-order valence-corrected chi connectivity index (χ4v) is 3.69. The van der Waals surface area contributed by atoms with Gasteiger partial charge in [0.25, 0.3) is 0 Å². The van der Waals surface area contributed by atoms with Gasteiger partial charge in [-0.2, -0.15) is 5.10 Å². The van der Waals surface area contributed by atoms with Crippen molar-refractivity contribution in [3.63, 3.8) is 0 Å². The van der Waals surface area contributed by atoms with E-state index in [9.17, 15) is 4.79 Å². The molecule has 0 aliphatic carbocycles. The number of anilines is 1. The van der Waals surface area contributed by atoms with Gasteiger partial charge in [-0.15, -0.1) is 0 Å². The minimum Gasteiger partial charge on any atom is -0.327 e. The first-order chi connectivity index (χ1) is 12.3. The summed E-state index contributed by atoms with van der Waals surface area (Å²) in [6, 6.07) is 16.7. The SMILES string of the molecule is CN1CCC(n2nc3c(NC=O)cccc3c2-c2ccccc2)CC1. The molecule has 2 heterocycles. The molecule has 25 heavy (non-hydrogen) atoms. The number of fused-ring (bicyclic) bond motifs is 1. The van der Waals surface area contributed by atoms with Gasteiger partial charge in [0.2, 0.25) is 6.41 Å². The number of nitrogens with zero attached hydrogens (tertiary/aromatic N) is 3. The van der Waals surface area contributed by atoms with Gasteiger partial charge in [0.15, 0.2) is 0 Å². The summed E-state index contributed by atoms with van der Waals surface area (Å²) in [5.74, 6) is 0. The number of carbonyl (C=O) groups is 1. The van der Waals surface area contributed by atoms with E-state index in [-0.39, 0.29) is 0 Å². The van der Waals surface area contributed by atoms with Gasteiger partial charge in [-0.3, -0.25) is 9.48 Å². The third-order valence-corrected chi connectivity index (χ3v) is 5.02. The van der Waals surface area contributed by atoms with Crippen LogP contribution in [-0.4, -0.2) is 41.2 Å². The molecule has 0 bridgehead atoms. The molecule has 5 heteroatoms. The van der Waals surface area contributed by atoms with Crippen LogP contribution in [0.2, 0.25) is 0 Å². The van der Waals surface area contributed by atoms with E-state index < -0.39 is 0 Å². The summed E-state index contributed by atoms with van der Waals surface area (Å²) < 4.78 is 2.18. The Bertz CT molecular complexity index is 879. The Kier molecular flexibility index (Phi) is 4.24. The number of aromatic nitrogens is 2. The summed E-state index contributed by atoms with van der Waals surface area (Å²) in [7, 11) is 2.17. The van der Waals surface area contributed by atoms with E-state index in [2.05, 4.69) is 52.3 Å². The maximum atomic E-state index is 11.0. The van der Waals surface area contributed by atoms with Crippen molar-refractivity contribution in [1.82, 2.24) is 14.7 Å². The molecule has 1 aliphatic rings. The van der Waals surface area contributed by atoms with Crippen LogP contribution in [0.25, 0.3) is 22.2 Å². The molecule has 0 spiro atoms. The lowest BCUT2D eigenvalue weighted by Gasteiger charge is -2.30. The zero-order valence-corrected chi connectivity index (χ0v) is 14.4. The van der Waals surface area contributed by atoms with E-state index in [0.717, 1.165) is 53.8 Å². The van der Waals surface area contributed by atoms with Gasteiger partial charge in [-0.25, -0.2) is 0 Å². The molecule has 2 aromatic carbocycles. The number of likely N-dealkylation sites (tertiary alicyclic amines) is 1. The van der Waals surface area contributed by atoms with E-state index in [0.29, 0.717) is 12.5 Å². The lowest BCUT2D eigenvalue weighted by molar-refractivity contribution is -0.105. The molecule has 4 rings (SSSR count). The van der Waals surface area contributed by atoms with E-state index in [1.807, 2.05) is 18.2 Å². The van der Waals surface area contributed by atoms with Gasteiger partial charge in [0, 0.05) is 10.9 Å². The van der Waals surface area contributed by atoms with Crippen molar-refractivity contribution in [2.45, 2.75) is 18.9 Å². The number of amides is 1. The van der Waals surface area contributed by atoms with Crippen molar-refractivity contribution < 1.29 is 4.79 Å². The minimum absolute atomic E-state index is 0.378. The molecule has 128 valence electrons. The fourth-order valence-electron chi connectivity index (χ4n) is 3.69. The average Bonchev–Trinajstić information content (AvgIpc) is 3.04. The molecule has 1 fully saturated rings. The van der Waals surface area contributed by atoms with E-state index in [1.165, 1.54) is 0 Å². The molecule has 0 unspecified atom stereocenters. The lowest BCUT2D eigenvalue weighted by atomic mass is 10.0. The molecule has 0 atom stereocenters.